The average molecular weight is 204 g/mol. The Morgan fingerprint density at radius 3 is 2.57 bits per heavy atom. The summed E-state index contributed by atoms with van der Waals surface area (Å²) in [5, 5.41) is 2.11. The van der Waals surface area contributed by atoms with Gasteiger partial charge < -0.3 is 4.74 Å². The van der Waals surface area contributed by atoms with E-state index in [2.05, 4.69) is 12.6 Å². The van der Waals surface area contributed by atoms with Crippen LogP contribution in [0.5, 0.6) is 5.75 Å². The third-order valence-corrected chi connectivity index (χ3v) is 2.26. The lowest BCUT2D eigenvalue weighted by Crippen LogP contribution is -1.87. The molecule has 0 aliphatic rings. The summed E-state index contributed by atoms with van der Waals surface area (Å²) in [5.41, 5.74) is 0. The van der Waals surface area contributed by atoms with Crippen LogP contribution in [0, 0.1) is 0 Å². The molecule has 0 unspecified atom stereocenters. The van der Waals surface area contributed by atoms with Crippen LogP contribution in [0.1, 0.15) is 0 Å². The molecule has 0 bridgehead atoms. The summed E-state index contributed by atoms with van der Waals surface area (Å²) in [6, 6.07) is 11.3. The highest BCUT2D eigenvalue weighted by Crippen LogP contribution is 2.22. The summed E-state index contributed by atoms with van der Waals surface area (Å²) in [4.78, 5) is 11.0. The summed E-state index contributed by atoms with van der Waals surface area (Å²) in [5.74, 6) is 0.555. The molecule has 0 atom stereocenters. The molecule has 0 amide bonds. The molecule has 3 heteroatoms. The summed E-state index contributed by atoms with van der Waals surface area (Å²) < 4.78 is 4.74. The molecule has 0 N–H and O–H groups in total. The molecule has 2 nitrogen and oxygen atoms in total. The standard InChI is InChI=1S/C11H8O2S/c12-7-13-10-3-1-9-6-11(14)4-2-8(9)5-10/h1-7,14H. The molecule has 0 heterocycles. The van der Waals surface area contributed by atoms with E-state index in [0.717, 1.165) is 15.7 Å². The molecule has 0 fully saturated rings. The van der Waals surface area contributed by atoms with Gasteiger partial charge in [0.1, 0.15) is 5.75 Å². The number of carbonyl (C=O) groups is 1. The lowest BCUT2D eigenvalue weighted by Gasteiger charge is -2.01. The van der Waals surface area contributed by atoms with Crippen LogP contribution in [0.4, 0.5) is 0 Å². The van der Waals surface area contributed by atoms with Gasteiger partial charge in [-0.3, -0.25) is 4.79 Å². The number of hydrogen-bond acceptors (Lipinski definition) is 3. The molecule has 14 heavy (non-hydrogen) atoms. The van der Waals surface area contributed by atoms with Gasteiger partial charge in [0.25, 0.3) is 6.47 Å². The molecule has 0 radical (unpaired) electrons. The lowest BCUT2D eigenvalue weighted by molar-refractivity contribution is -0.120. The van der Waals surface area contributed by atoms with E-state index in [0.29, 0.717) is 12.2 Å². The summed E-state index contributed by atoms with van der Waals surface area (Å²) in [6.07, 6.45) is 0. The van der Waals surface area contributed by atoms with Gasteiger partial charge in [0.2, 0.25) is 0 Å². The van der Waals surface area contributed by atoms with Crippen molar-refractivity contribution in [1.82, 2.24) is 0 Å². The third-order valence-electron chi connectivity index (χ3n) is 1.98. The molecule has 2 aromatic carbocycles. The summed E-state index contributed by atoms with van der Waals surface area (Å²) in [7, 11) is 0. The maximum absolute atomic E-state index is 10.1. The Morgan fingerprint density at radius 1 is 1.07 bits per heavy atom. The average Bonchev–Trinajstić information content (AvgIpc) is 2.19. The molecular weight excluding hydrogens is 196 g/mol. The van der Waals surface area contributed by atoms with Crippen LogP contribution < -0.4 is 4.74 Å². The van der Waals surface area contributed by atoms with Gasteiger partial charge in [-0.25, -0.2) is 0 Å². The van der Waals surface area contributed by atoms with Gasteiger partial charge in [-0.05, 0) is 35.0 Å². The van der Waals surface area contributed by atoms with Gasteiger partial charge in [0, 0.05) is 4.90 Å². The second-order valence-corrected chi connectivity index (χ2v) is 3.42. The van der Waals surface area contributed by atoms with Gasteiger partial charge in [-0.1, -0.05) is 12.1 Å². The fourth-order valence-electron chi connectivity index (χ4n) is 1.34. The maximum atomic E-state index is 10.1. The van der Waals surface area contributed by atoms with Gasteiger partial charge in [-0.2, -0.15) is 0 Å². The zero-order chi connectivity index (χ0) is 9.97. The van der Waals surface area contributed by atoms with Crippen LogP contribution in [-0.2, 0) is 4.79 Å². The lowest BCUT2D eigenvalue weighted by atomic mass is 10.1. The molecule has 0 saturated carbocycles. The van der Waals surface area contributed by atoms with Crippen molar-refractivity contribution < 1.29 is 9.53 Å². The van der Waals surface area contributed by atoms with Crippen LogP contribution in [0.25, 0.3) is 10.8 Å². The number of fused-ring (bicyclic) bond motifs is 1. The molecule has 0 aliphatic carbocycles. The zero-order valence-corrected chi connectivity index (χ0v) is 8.20. The Morgan fingerprint density at radius 2 is 1.79 bits per heavy atom. The van der Waals surface area contributed by atoms with E-state index in [1.165, 1.54) is 0 Å². The summed E-state index contributed by atoms with van der Waals surface area (Å²) in [6.45, 7) is 0.425. The molecule has 2 rings (SSSR count). The highest BCUT2D eigenvalue weighted by molar-refractivity contribution is 7.80. The minimum absolute atomic E-state index is 0.425. The molecule has 0 aliphatic heterocycles. The molecule has 0 aromatic heterocycles. The first-order valence-corrected chi connectivity index (χ1v) is 4.57. The number of rotatable bonds is 2. The predicted molar refractivity (Wildman–Crippen MR) is 57.9 cm³/mol. The van der Waals surface area contributed by atoms with Crippen LogP contribution in [0.3, 0.4) is 0 Å². The first-order chi connectivity index (χ1) is 6.79. The molecule has 0 spiro atoms. The van der Waals surface area contributed by atoms with Gasteiger partial charge in [0.15, 0.2) is 0 Å². The van der Waals surface area contributed by atoms with E-state index in [1.54, 1.807) is 6.07 Å². The minimum Gasteiger partial charge on any atom is -0.429 e. The first-order valence-electron chi connectivity index (χ1n) is 4.13. The number of ether oxygens (including phenoxy) is 1. The fourth-order valence-corrected chi connectivity index (χ4v) is 1.55. The van der Waals surface area contributed by atoms with Crippen molar-refractivity contribution in [3.05, 3.63) is 36.4 Å². The van der Waals surface area contributed by atoms with E-state index in [1.807, 2.05) is 30.3 Å². The quantitative estimate of drug-likeness (QED) is 0.601. The second kappa shape index (κ2) is 3.72. The van der Waals surface area contributed by atoms with Crippen LogP contribution >= 0.6 is 12.6 Å². The van der Waals surface area contributed by atoms with Crippen molar-refractivity contribution >= 4 is 29.9 Å². The van der Waals surface area contributed by atoms with E-state index in [9.17, 15) is 4.79 Å². The molecule has 70 valence electrons. The predicted octanol–water partition coefficient (Wildman–Crippen LogP) is 2.66. The van der Waals surface area contributed by atoms with Crippen molar-refractivity contribution in [2.45, 2.75) is 4.90 Å². The van der Waals surface area contributed by atoms with Crippen LogP contribution in [0.2, 0.25) is 0 Å². The normalized spacial score (nSPS) is 10.1. The number of benzene rings is 2. The van der Waals surface area contributed by atoms with Crippen LogP contribution in [-0.4, -0.2) is 6.47 Å². The SMILES string of the molecule is O=COc1ccc2cc(S)ccc2c1. The van der Waals surface area contributed by atoms with Crippen molar-refractivity contribution in [3.63, 3.8) is 0 Å². The Balaban J connectivity index is 2.55. The van der Waals surface area contributed by atoms with Crippen molar-refractivity contribution in [2.75, 3.05) is 0 Å². The van der Waals surface area contributed by atoms with E-state index < -0.39 is 0 Å². The second-order valence-electron chi connectivity index (χ2n) is 2.91. The Hall–Kier alpha value is -1.48. The fraction of sp³-hybridized carbons (Fsp3) is 0. The van der Waals surface area contributed by atoms with E-state index in [-0.39, 0.29) is 0 Å². The third kappa shape index (κ3) is 1.72. The molecule has 0 saturated heterocycles. The Kier molecular flexibility index (Phi) is 2.41. The summed E-state index contributed by atoms with van der Waals surface area (Å²) >= 11 is 4.24. The molecule has 2 aromatic rings. The monoisotopic (exact) mass is 204 g/mol. The molecular formula is C11H8O2S. The highest BCUT2D eigenvalue weighted by atomic mass is 32.1. The maximum Gasteiger partial charge on any atom is 0.298 e. The number of thiol groups is 1. The zero-order valence-electron chi connectivity index (χ0n) is 7.31. The van der Waals surface area contributed by atoms with E-state index in [4.69, 9.17) is 4.74 Å². The van der Waals surface area contributed by atoms with Crippen molar-refractivity contribution in [1.29, 1.82) is 0 Å². The smallest absolute Gasteiger partial charge is 0.298 e. The van der Waals surface area contributed by atoms with E-state index >= 15 is 0 Å². The van der Waals surface area contributed by atoms with Crippen molar-refractivity contribution in [3.8, 4) is 5.75 Å². The Bertz CT molecular complexity index is 480. The largest absolute Gasteiger partial charge is 0.429 e. The van der Waals surface area contributed by atoms with Gasteiger partial charge >= 0.3 is 0 Å². The van der Waals surface area contributed by atoms with Gasteiger partial charge in [-0.15, -0.1) is 12.6 Å². The number of carbonyl (C=O) groups excluding carboxylic acids is 1. The Labute approximate surface area is 86.9 Å². The van der Waals surface area contributed by atoms with Gasteiger partial charge in [0.05, 0.1) is 0 Å². The number of hydrogen-bond donors (Lipinski definition) is 1. The highest BCUT2D eigenvalue weighted by Gasteiger charge is 1.97. The topological polar surface area (TPSA) is 26.3 Å². The van der Waals surface area contributed by atoms with Crippen molar-refractivity contribution in [2.24, 2.45) is 0 Å². The van der Waals surface area contributed by atoms with Crippen LogP contribution in [0.15, 0.2) is 41.3 Å². The first kappa shape index (κ1) is 9.09. The minimum atomic E-state index is 0.425.